The molecule has 0 saturated carbocycles. The molecule has 0 bridgehead atoms. The Bertz CT molecular complexity index is 2040. The summed E-state index contributed by atoms with van der Waals surface area (Å²) in [6.07, 6.45) is -7.11. The number of halogens is 3. The minimum atomic E-state index is -4.97. The molecule has 13 heteroatoms. The molecule has 0 fully saturated rings. The fourth-order valence-electron chi connectivity index (χ4n) is 7.85. The van der Waals surface area contributed by atoms with Crippen LogP contribution in [0, 0.1) is 11.8 Å². The Morgan fingerprint density at radius 3 is 2.18 bits per heavy atom. The number of carbonyl (C=O) groups excluding carboxylic acids is 2. The summed E-state index contributed by atoms with van der Waals surface area (Å²) in [4.78, 5) is 30.5. The standard InChI is InChI=1S/C38H35F3N2O8/c1-19(44)23-16-26(49-17-20-10-6-4-7-11-20)28-24(30(23)38(39,40)41)14-22-15-25-31(43(2)3)33-29(35(47)37(25,48)34(46)27(22)32(28)45)36(42-51-33)50-18-21-12-8-5-9-13-21/h4-13,16,19,22,25,31,44,46,48H,14-15,17-18H2,1-3H3/t19?,22-,25-,31-,37-/m0/s1. The Hall–Kier alpha value is -4.98. The largest absolute Gasteiger partial charge is 0.508 e. The van der Waals surface area contributed by atoms with Crippen molar-refractivity contribution in [3.63, 3.8) is 0 Å². The maximum absolute atomic E-state index is 14.8. The maximum atomic E-state index is 14.8. The molecular weight excluding hydrogens is 669 g/mol. The predicted octanol–water partition coefficient (Wildman–Crippen LogP) is 6.32. The van der Waals surface area contributed by atoms with E-state index in [4.69, 9.17) is 14.0 Å². The lowest BCUT2D eigenvalue weighted by Gasteiger charge is -2.49. The molecule has 51 heavy (non-hydrogen) atoms. The van der Waals surface area contributed by atoms with Crippen LogP contribution >= 0.6 is 0 Å². The van der Waals surface area contributed by atoms with Gasteiger partial charge in [-0.25, -0.2) is 0 Å². The number of nitrogens with zero attached hydrogens (tertiary/aromatic N) is 2. The summed E-state index contributed by atoms with van der Waals surface area (Å²) in [6, 6.07) is 17.9. The molecule has 3 aliphatic carbocycles. The number of hydrogen-bond donors (Lipinski definition) is 3. The highest BCUT2D eigenvalue weighted by Gasteiger charge is 2.64. The number of ether oxygens (including phenoxy) is 2. The van der Waals surface area contributed by atoms with E-state index in [2.05, 4.69) is 5.16 Å². The SMILES string of the molecule is CC(O)c1cc(OCc2ccccc2)c2c(c1C(F)(F)F)C[C@H]1C[C@H]3[C@H](N(C)C)c4onc(OCc5ccccc5)c4C(=O)[C@@]3(O)C(O)=C1C2=O. The first-order valence-electron chi connectivity index (χ1n) is 16.4. The van der Waals surface area contributed by atoms with Crippen molar-refractivity contribution in [2.75, 3.05) is 14.1 Å². The highest BCUT2D eigenvalue weighted by atomic mass is 19.4. The molecule has 3 aliphatic rings. The van der Waals surface area contributed by atoms with Crippen LogP contribution in [0.1, 0.15) is 79.8 Å². The van der Waals surface area contributed by atoms with Crippen molar-refractivity contribution in [2.45, 2.75) is 56.9 Å². The van der Waals surface area contributed by atoms with Crippen molar-refractivity contribution in [2.24, 2.45) is 11.8 Å². The smallest absolute Gasteiger partial charge is 0.417 e. The van der Waals surface area contributed by atoms with E-state index >= 15 is 0 Å². The molecule has 10 nitrogen and oxygen atoms in total. The second-order valence-corrected chi connectivity index (χ2v) is 13.5. The molecule has 7 rings (SSSR count). The van der Waals surface area contributed by atoms with Crippen molar-refractivity contribution < 1.29 is 52.1 Å². The van der Waals surface area contributed by atoms with E-state index in [1.807, 2.05) is 6.07 Å². The summed E-state index contributed by atoms with van der Waals surface area (Å²) in [6.45, 7) is 1.09. The van der Waals surface area contributed by atoms with Gasteiger partial charge in [0, 0.05) is 11.5 Å². The predicted molar refractivity (Wildman–Crippen MR) is 175 cm³/mol. The Kier molecular flexibility index (Phi) is 8.55. The monoisotopic (exact) mass is 704 g/mol. The van der Waals surface area contributed by atoms with Gasteiger partial charge < -0.3 is 29.3 Å². The van der Waals surface area contributed by atoms with E-state index in [9.17, 15) is 38.1 Å². The van der Waals surface area contributed by atoms with Gasteiger partial charge in [-0.2, -0.15) is 13.2 Å². The van der Waals surface area contributed by atoms with Crippen LogP contribution in [0.25, 0.3) is 0 Å². The molecule has 1 aromatic heterocycles. The first-order valence-corrected chi connectivity index (χ1v) is 16.4. The third kappa shape index (κ3) is 5.60. The lowest BCUT2D eigenvalue weighted by atomic mass is 9.58. The molecule has 3 N–H and O–H groups in total. The number of alkyl halides is 3. The van der Waals surface area contributed by atoms with Crippen LogP contribution in [-0.4, -0.2) is 56.6 Å². The number of carbonyl (C=O) groups is 2. The number of rotatable bonds is 8. The fraction of sp³-hybridized carbons (Fsp3) is 0.342. The van der Waals surface area contributed by atoms with Gasteiger partial charge >= 0.3 is 6.18 Å². The highest BCUT2D eigenvalue weighted by molar-refractivity contribution is 6.16. The number of allylic oxidation sites excluding steroid dienone is 1. The first kappa shape index (κ1) is 34.5. The zero-order valence-electron chi connectivity index (χ0n) is 27.9. The normalized spacial score (nSPS) is 23.4. The number of fused-ring (bicyclic) bond motifs is 4. The summed E-state index contributed by atoms with van der Waals surface area (Å²) < 4.78 is 62.0. The Morgan fingerprint density at radius 2 is 1.61 bits per heavy atom. The molecule has 266 valence electrons. The van der Waals surface area contributed by atoms with Crippen LogP contribution in [0.2, 0.25) is 0 Å². The molecule has 0 amide bonds. The molecule has 1 heterocycles. The van der Waals surface area contributed by atoms with Crippen molar-refractivity contribution in [3.05, 3.63) is 123 Å². The molecule has 5 atom stereocenters. The highest BCUT2D eigenvalue weighted by Crippen LogP contribution is 2.57. The fourth-order valence-corrected chi connectivity index (χ4v) is 7.85. The molecule has 0 saturated heterocycles. The van der Waals surface area contributed by atoms with Crippen LogP contribution < -0.4 is 9.47 Å². The Labute approximate surface area is 290 Å². The molecule has 1 unspecified atom stereocenters. The van der Waals surface area contributed by atoms with Crippen LogP contribution in [0.5, 0.6) is 11.6 Å². The van der Waals surface area contributed by atoms with Crippen molar-refractivity contribution >= 4 is 11.6 Å². The van der Waals surface area contributed by atoms with E-state index in [0.717, 1.165) is 11.6 Å². The van der Waals surface area contributed by atoms with E-state index in [0.29, 0.717) is 5.56 Å². The van der Waals surface area contributed by atoms with Gasteiger partial charge in [0.05, 0.1) is 23.3 Å². The summed E-state index contributed by atoms with van der Waals surface area (Å²) >= 11 is 0. The summed E-state index contributed by atoms with van der Waals surface area (Å²) in [7, 11) is 3.31. The number of benzene rings is 3. The van der Waals surface area contributed by atoms with Gasteiger partial charge in [-0.15, -0.1) is 0 Å². The molecular formula is C38H35F3N2O8. The van der Waals surface area contributed by atoms with Crippen LogP contribution in [-0.2, 0) is 25.8 Å². The average Bonchev–Trinajstić information content (AvgIpc) is 3.51. The molecule has 0 radical (unpaired) electrons. The second-order valence-electron chi connectivity index (χ2n) is 13.5. The zero-order chi connectivity index (χ0) is 36.4. The molecule has 0 aliphatic heterocycles. The van der Waals surface area contributed by atoms with Crippen LogP contribution in [0.3, 0.4) is 0 Å². The van der Waals surface area contributed by atoms with Crippen molar-refractivity contribution in [1.29, 1.82) is 0 Å². The molecule has 3 aromatic carbocycles. The van der Waals surface area contributed by atoms with Crippen LogP contribution in [0.15, 0.2) is 82.6 Å². The maximum Gasteiger partial charge on any atom is 0.417 e. The van der Waals surface area contributed by atoms with Gasteiger partial charge in [0.25, 0.3) is 5.88 Å². The Morgan fingerprint density at radius 1 is 1.00 bits per heavy atom. The lowest BCUT2D eigenvalue weighted by Crippen LogP contribution is -2.59. The number of aromatic nitrogens is 1. The lowest BCUT2D eigenvalue weighted by molar-refractivity contribution is -0.139. The van der Waals surface area contributed by atoms with Crippen LogP contribution in [0.4, 0.5) is 13.2 Å². The molecule has 4 aromatic rings. The van der Waals surface area contributed by atoms with Gasteiger partial charge in [-0.3, -0.25) is 14.5 Å². The number of aliphatic hydroxyl groups is 3. The second kappa shape index (κ2) is 12.7. The van der Waals surface area contributed by atoms with Gasteiger partial charge in [-0.05, 0) is 73.3 Å². The zero-order valence-corrected chi connectivity index (χ0v) is 27.9. The minimum Gasteiger partial charge on any atom is -0.508 e. The van der Waals surface area contributed by atoms with E-state index in [1.54, 1.807) is 73.6 Å². The third-order valence-corrected chi connectivity index (χ3v) is 10.1. The topological polar surface area (TPSA) is 143 Å². The van der Waals surface area contributed by atoms with E-state index in [-0.39, 0.29) is 53.7 Å². The Balaban J connectivity index is 1.37. The van der Waals surface area contributed by atoms with Crippen molar-refractivity contribution in [3.8, 4) is 11.6 Å². The average molecular weight is 705 g/mol. The summed E-state index contributed by atoms with van der Waals surface area (Å²) in [5.74, 6) is -5.55. The number of ketones is 2. The number of Topliss-reactive ketones (excluding diaryl/α,β-unsaturated/α-hetero) is 2. The van der Waals surface area contributed by atoms with Gasteiger partial charge in [0.2, 0.25) is 5.78 Å². The van der Waals surface area contributed by atoms with Gasteiger partial charge in [0.1, 0.15) is 30.3 Å². The van der Waals surface area contributed by atoms with Crippen molar-refractivity contribution in [1.82, 2.24) is 10.1 Å². The molecule has 0 spiro atoms. The quantitative estimate of drug-likeness (QED) is 0.191. The first-order chi connectivity index (χ1) is 24.2. The van der Waals surface area contributed by atoms with E-state index < -0.39 is 76.2 Å². The summed E-state index contributed by atoms with van der Waals surface area (Å²) in [5, 5.41) is 38.8. The minimum absolute atomic E-state index is 0.00768. The number of aliphatic hydroxyl groups excluding tert-OH is 2. The van der Waals surface area contributed by atoms with Gasteiger partial charge in [0.15, 0.2) is 17.1 Å². The summed E-state index contributed by atoms with van der Waals surface area (Å²) in [5.41, 5.74) is -4.28. The number of hydrogen-bond acceptors (Lipinski definition) is 10. The third-order valence-electron chi connectivity index (χ3n) is 10.1. The van der Waals surface area contributed by atoms with Gasteiger partial charge in [-0.1, -0.05) is 60.7 Å². The van der Waals surface area contributed by atoms with E-state index in [1.165, 1.54) is 6.92 Å².